The van der Waals surface area contributed by atoms with Crippen LogP contribution in [0.5, 0.6) is 5.75 Å². The minimum Gasteiger partial charge on any atom is -0.503 e. The summed E-state index contributed by atoms with van der Waals surface area (Å²) in [6.07, 6.45) is 9.77. The number of carbonyl (C=O) groups excluding carboxylic acids is 1. The van der Waals surface area contributed by atoms with Crippen molar-refractivity contribution in [1.29, 1.82) is 0 Å². The zero-order valence-corrected chi connectivity index (χ0v) is 17.0. The van der Waals surface area contributed by atoms with E-state index in [1.165, 1.54) is 10.9 Å². The lowest BCUT2D eigenvalue weighted by molar-refractivity contribution is 0.0943. The molecular formula is C22H27N5O3. The van der Waals surface area contributed by atoms with Crippen molar-refractivity contribution in [3.8, 4) is 5.75 Å². The number of rotatable bonds is 0. The van der Waals surface area contributed by atoms with E-state index in [-0.39, 0.29) is 5.69 Å². The van der Waals surface area contributed by atoms with E-state index in [1.54, 1.807) is 0 Å². The predicted octanol–water partition coefficient (Wildman–Crippen LogP) is 2.63. The first-order chi connectivity index (χ1) is 14.6. The van der Waals surface area contributed by atoms with Crippen molar-refractivity contribution in [2.75, 3.05) is 6.54 Å². The molecule has 3 aromatic heterocycles. The lowest BCUT2D eigenvalue weighted by Gasteiger charge is -2.09. The highest BCUT2D eigenvalue weighted by Gasteiger charge is 2.16. The molecule has 4 bridgehead atoms. The summed E-state index contributed by atoms with van der Waals surface area (Å²) in [7, 11) is 0. The number of amides is 1. The summed E-state index contributed by atoms with van der Waals surface area (Å²) in [5.41, 5.74) is 1.15. The maximum Gasteiger partial charge on any atom is 0.275 e. The number of aromatic hydroxyl groups is 1. The van der Waals surface area contributed by atoms with Gasteiger partial charge in [0, 0.05) is 36.9 Å². The Morgan fingerprint density at radius 1 is 0.967 bits per heavy atom. The molecular weight excluding hydrogens is 382 g/mol. The number of hydrogen-bond acceptors (Lipinski definition) is 5. The van der Waals surface area contributed by atoms with E-state index < -0.39 is 17.1 Å². The molecule has 0 fully saturated rings. The van der Waals surface area contributed by atoms with E-state index in [9.17, 15) is 14.7 Å². The van der Waals surface area contributed by atoms with Crippen molar-refractivity contribution in [2.45, 2.75) is 58.0 Å². The van der Waals surface area contributed by atoms with Crippen LogP contribution in [0.4, 0.5) is 0 Å². The highest BCUT2D eigenvalue weighted by atomic mass is 16.3. The zero-order valence-electron chi connectivity index (χ0n) is 17.0. The van der Waals surface area contributed by atoms with Gasteiger partial charge in [-0.3, -0.25) is 14.3 Å². The smallest absolute Gasteiger partial charge is 0.275 e. The number of pyridine rings is 1. The number of fused-ring (bicyclic) bond motifs is 3. The maximum absolute atomic E-state index is 12.4. The fourth-order valence-corrected chi connectivity index (χ4v) is 3.83. The summed E-state index contributed by atoms with van der Waals surface area (Å²) in [5, 5.41) is 18.0. The van der Waals surface area contributed by atoms with Crippen LogP contribution >= 0.6 is 0 Å². The van der Waals surface area contributed by atoms with Gasteiger partial charge in [0.2, 0.25) is 0 Å². The predicted molar refractivity (Wildman–Crippen MR) is 114 cm³/mol. The van der Waals surface area contributed by atoms with E-state index >= 15 is 0 Å². The van der Waals surface area contributed by atoms with Gasteiger partial charge >= 0.3 is 0 Å². The van der Waals surface area contributed by atoms with Crippen LogP contribution in [0.1, 0.15) is 54.7 Å². The van der Waals surface area contributed by atoms with Crippen LogP contribution in [0.3, 0.4) is 0 Å². The molecule has 0 atom stereocenters. The Hall–Kier alpha value is -3.16. The van der Waals surface area contributed by atoms with Crippen LogP contribution in [0.2, 0.25) is 0 Å². The number of aromatic nitrogens is 4. The molecule has 1 aliphatic rings. The topological polar surface area (TPSA) is 102 Å². The molecule has 0 spiro atoms. The van der Waals surface area contributed by atoms with Gasteiger partial charge in [-0.15, -0.1) is 0 Å². The van der Waals surface area contributed by atoms with Crippen molar-refractivity contribution >= 4 is 16.9 Å². The first kappa shape index (κ1) is 20.1. The molecule has 0 saturated carbocycles. The Balaban J connectivity index is 1.52. The molecule has 2 N–H and O–H groups in total. The van der Waals surface area contributed by atoms with E-state index in [2.05, 4.69) is 39.4 Å². The quantitative estimate of drug-likeness (QED) is 0.594. The number of nitrogens with one attached hydrogen (secondary N) is 1. The molecule has 1 amide bonds. The molecule has 30 heavy (non-hydrogen) atoms. The van der Waals surface area contributed by atoms with Gasteiger partial charge in [-0.05, 0) is 56.7 Å². The van der Waals surface area contributed by atoms with Crippen LogP contribution in [0, 0.1) is 0 Å². The normalized spacial score (nSPS) is 16.6. The average Bonchev–Trinajstić information content (AvgIpc) is 3.14. The second-order valence-corrected chi connectivity index (χ2v) is 7.81. The molecule has 8 nitrogen and oxygen atoms in total. The molecule has 4 heterocycles. The Morgan fingerprint density at radius 2 is 1.80 bits per heavy atom. The molecule has 4 rings (SSSR count). The van der Waals surface area contributed by atoms with E-state index in [1.807, 2.05) is 0 Å². The monoisotopic (exact) mass is 409 g/mol. The van der Waals surface area contributed by atoms with Crippen LogP contribution in [-0.4, -0.2) is 36.9 Å². The average molecular weight is 409 g/mol. The summed E-state index contributed by atoms with van der Waals surface area (Å²) in [6.45, 7) is 1.88. The van der Waals surface area contributed by atoms with Crippen molar-refractivity contribution in [3.05, 3.63) is 52.2 Å². The first-order valence-corrected chi connectivity index (χ1v) is 10.7. The highest BCUT2D eigenvalue weighted by molar-refractivity contribution is 5.92. The highest BCUT2D eigenvalue weighted by Crippen LogP contribution is 2.17. The van der Waals surface area contributed by atoms with Gasteiger partial charge in [-0.2, -0.15) is 5.10 Å². The van der Waals surface area contributed by atoms with Crippen molar-refractivity contribution in [1.82, 2.24) is 24.6 Å². The zero-order chi connectivity index (χ0) is 20.9. The minimum absolute atomic E-state index is 0.247. The van der Waals surface area contributed by atoms with E-state index in [4.69, 9.17) is 4.98 Å². The van der Waals surface area contributed by atoms with E-state index in [0.29, 0.717) is 13.1 Å². The molecule has 0 saturated heterocycles. The lowest BCUT2D eigenvalue weighted by Crippen LogP contribution is -2.32. The number of hydrogen-bond donors (Lipinski definition) is 2. The van der Waals surface area contributed by atoms with Crippen molar-refractivity contribution in [3.63, 3.8) is 0 Å². The molecule has 0 unspecified atom stereocenters. The van der Waals surface area contributed by atoms with Gasteiger partial charge in [0.05, 0.1) is 6.20 Å². The fraction of sp³-hybridized carbons (Fsp3) is 0.455. The van der Waals surface area contributed by atoms with Gasteiger partial charge in [-0.1, -0.05) is 6.42 Å². The van der Waals surface area contributed by atoms with Crippen molar-refractivity contribution in [2.24, 2.45) is 0 Å². The summed E-state index contributed by atoms with van der Waals surface area (Å²) in [6, 6.07) is 6.34. The van der Waals surface area contributed by atoms with Gasteiger partial charge in [-0.25, -0.2) is 4.98 Å². The second kappa shape index (κ2) is 9.11. The Bertz CT molecular complexity index is 1100. The fourth-order valence-electron chi connectivity index (χ4n) is 3.83. The van der Waals surface area contributed by atoms with Crippen LogP contribution in [0.15, 0.2) is 35.4 Å². The standard InChI is InChI=1S/C22H27N5O3/c28-18-15-27-13-6-2-5-12-26-14-10-16-8-9-17(24-21(16)26)7-3-1-4-11-23-22(30)19(25-27)20(18)29/h8-10,14-15,28H,1-7,11-13H2,(H,23,30). The molecule has 1 aliphatic heterocycles. The lowest BCUT2D eigenvalue weighted by atomic mass is 10.1. The van der Waals surface area contributed by atoms with Gasteiger partial charge in [0.25, 0.3) is 11.3 Å². The Kier molecular flexibility index (Phi) is 6.11. The maximum atomic E-state index is 12.4. The summed E-state index contributed by atoms with van der Waals surface area (Å²) < 4.78 is 3.69. The number of carbonyl (C=O) groups is 1. The Labute approximate surface area is 174 Å². The van der Waals surface area contributed by atoms with Gasteiger partial charge < -0.3 is 15.0 Å². The third-order valence-corrected chi connectivity index (χ3v) is 5.51. The Morgan fingerprint density at radius 3 is 2.70 bits per heavy atom. The molecule has 0 radical (unpaired) electrons. The van der Waals surface area contributed by atoms with Crippen molar-refractivity contribution < 1.29 is 9.90 Å². The van der Waals surface area contributed by atoms with Crippen LogP contribution in [-0.2, 0) is 19.5 Å². The molecule has 158 valence electrons. The van der Waals surface area contributed by atoms with Gasteiger partial charge in [0.15, 0.2) is 11.4 Å². The largest absolute Gasteiger partial charge is 0.503 e. The van der Waals surface area contributed by atoms with E-state index in [0.717, 1.165) is 68.2 Å². The third kappa shape index (κ3) is 4.53. The molecule has 3 aromatic rings. The van der Waals surface area contributed by atoms with Gasteiger partial charge in [0.1, 0.15) is 5.65 Å². The summed E-state index contributed by atoms with van der Waals surface area (Å²) in [5.74, 6) is -0.977. The third-order valence-electron chi connectivity index (χ3n) is 5.51. The second-order valence-electron chi connectivity index (χ2n) is 7.81. The van der Waals surface area contributed by atoms with Crippen LogP contribution in [0.25, 0.3) is 11.0 Å². The first-order valence-electron chi connectivity index (χ1n) is 10.7. The van der Waals surface area contributed by atoms with Crippen LogP contribution < -0.4 is 10.7 Å². The molecule has 0 aliphatic carbocycles. The number of nitrogens with zero attached hydrogens (tertiary/aromatic N) is 4. The minimum atomic E-state index is -0.725. The SMILES string of the molecule is O=C1NCCCCCc2ccc3ccn(c3n2)CCCCCn2cc(O)c(=O)c1n2. The molecule has 8 heteroatoms. The molecule has 0 aromatic carbocycles. The summed E-state index contributed by atoms with van der Waals surface area (Å²) in [4.78, 5) is 29.3. The summed E-state index contributed by atoms with van der Waals surface area (Å²) >= 11 is 0. The number of aryl methyl sites for hydroxylation is 3.